The van der Waals surface area contributed by atoms with Crippen molar-refractivity contribution in [2.24, 2.45) is 11.5 Å². The van der Waals surface area contributed by atoms with Crippen LogP contribution in [-0.2, 0) is 68.4 Å². The molecule has 17 bridgehead atoms. The second-order valence-electron chi connectivity index (χ2n) is 31.7. The Hall–Kier alpha value is -11.5. The van der Waals surface area contributed by atoms with Gasteiger partial charge in [-0.2, -0.15) is 0 Å². The van der Waals surface area contributed by atoms with Crippen molar-refractivity contribution >= 4 is 53.0 Å². The van der Waals surface area contributed by atoms with E-state index in [4.69, 9.17) is 79.9 Å². The number of nitrogens with two attached hydrogens (primary N) is 2. The molecule has 27 atom stereocenters. The summed E-state index contributed by atoms with van der Waals surface area (Å²) in [5.74, 6) is -16.1. The summed E-state index contributed by atoms with van der Waals surface area (Å²) in [6, 6.07) is 5.44. The highest BCUT2D eigenvalue weighted by Gasteiger charge is 2.51. The number of aliphatic hydroxyl groups excluding tert-OH is 13. The summed E-state index contributed by atoms with van der Waals surface area (Å²) in [4.78, 5) is 112. The predicted octanol–water partition coefficient (Wildman–Crippen LogP) is -3.01. The molecule has 26 N–H and O–H groups in total. The Morgan fingerprint density at radius 3 is 1.60 bits per heavy atom. The molecule has 10 aliphatic rings. The van der Waals surface area contributed by atoms with Crippen LogP contribution < -0.4 is 71.8 Å². The molecule has 7 aromatic carbocycles. The molecule has 0 aromatic heterocycles. The molecule has 4 fully saturated rings. The minimum atomic E-state index is -2.49. The predicted molar refractivity (Wildman–Crippen MR) is 429 cm³/mol. The van der Waals surface area contributed by atoms with Gasteiger partial charge in [-0.25, -0.2) is 4.79 Å². The summed E-state index contributed by atoms with van der Waals surface area (Å²) in [7, 11) is 0.892. The Balaban J connectivity index is 0.991. The second-order valence-corrected chi connectivity index (χ2v) is 32.1. The van der Waals surface area contributed by atoms with Crippen LogP contribution in [0.4, 0.5) is 0 Å². The zero-order valence-corrected chi connectivity index (χ0v) is 68.3. The van der Waals surface area contributed by atoms with Gasteiger partial charge in [0.15, 0.2) is 35.3 Å². The van der Waals surface area contributed by atoms with Crippen LogP contribution in [-0.4, -0.2) is 279 Å². The molecule has 7 aromatic rings. The molecule has 0 aliphatic carbocycles. The Morgan fingerprint density at radius 1 is 0.484 bits per heavy atom. The number of benzene rings is 7. The maximum atomic E-state index is 17.0. The normalized spacial score (nSPS) is 32.5. The van der Waals surface area contributed by atoms with Gasteiger partial charge in [0, 0.05) is 47.2 Å². The SMILES string of the molecule is COC(=O)C1NC(=O)C2NC(=O)C(NC(=O)C3NC(=O)C4NC(=O)C(Cc5ccc(cc5)Oc5cc3cc(c5OC3OC(CO)C(O)C(O)C3O)Oc3ccc(cc3Cl)C2OC2CC(N)C(O)C(C)O2)NC(=O)C(N)c2ccc(O)c(c2)Oc2cc4cc(OC3OC(CO)C(O)C(O)C3O)c2C)c2ccc(O)c(c2)-c2c(OC3OC(CO)C(O)C(O)C3O)cc(O)cc21. The van der Waals surface area contributed by atoms with E-state index in [1.807, 2.05) is 0 Å². The van der Waals surface area contributed by atoms with Crippen molar-refractivity contribution in [3.8, 4) is 80.1 Å². The van der Waals surface area contributed by atoms with E-state index >= 15 is 24.0 Å². The Labute approximate surface area is 729 Å². The highest BCUT2D eigenvalue weighted by Crippen LogP contribution is 2.51. The van der Waals surface area contributed by atoms with Crippen molar-refractivity contribution < 1.29 is 172 Å². The number of esters is 1. The zero-order valence-electron chi connectivity index (χ0n) is 67.5. The molecule has 10 heterocycles. The van der Waals surface area contributed by atoms with E-state index in [2.05, 4.69) is 31.9 Å². The van der Waals surface area contributed by atoms with Crippen molar-refractivity contribution in [3.63, 3.8) is 0 Å². The fraction of sp³-hybridized carbons (Fsp3) is 0.417. The third-order valence-corrected chi connectivity index (χ3v) is 23.5. The molecule has 44 heteroatoms. The lowest BCUT2D eigenvalue weighted by molar-refractivity contribution is -0.277. The Morgan fingerprint density at radius 2 is 1.01 bits per heavy atom. The number of ether oxygens (including phenoxy) is 12. The molecule has 0 saturated carbocycles. The number of halogens is 1. The van der Waals surface area contributed by atoms with Gasteiger partial charge in [-0.05, 0) is 126 Å². The van der Waals surface area contributed by atoms with Gasteiger partial charge in [0.1, 0.15) is 156 Å². The lowest BCUT2D eigenvalue weighted by atomic mass is 9.89. The van der Waals surface area contributed by atoms with E-state index in [1.54, 1.807) is 0 Å². The largest absolute Gasteiger partial charge is 0.508 e. The number of hydrogen-bond acceptors (Lipinski definition) is 37. The Bertz CT molecular complexity index is 5390. The molecule has 17 rings (SSSR count). The smallest absolute Gasteiger partial charge is 0.333 e. The number of methoxy groups -OCH3 is 1. The lowest BCUT2D eigenvalue weighted by Crippen LogP contribution is -2.60. The first-order chi connectivity index (χ1) is 61.0. The van der Waals surface area contributed by atoms with Crippen LogP contribution in [0.3, 0.4) is 0 Å². The van der Waals surface area contributed by atoms with E-state index in [9.17, 15) is 91.3 Å². The number of amides is 6. The number of rotatable bonds is 12. The van der Waals surface area contributed by atoms with Crippen LogP contribution in [0.2, 0.25) is 5.02 Å². The van der Waals surface area contributed by atoms with Gasteiger partial charge in [-0.3, -0.25) is 28.8 Å². The maximum Gasteiger partial charge on any atom is 0.333 e. The molecule has 0 spiro atoms. The van der Waals surface area contributed by atoms with Crippen LogP contribution in [0.25, 0.3) is 11.1 Å². The third-order valence-electron chi connectivity index (χ3n) is 23.2. The van der Waals surface area contributed by atoms with Crippen LogP contribution in [0.5, 0.6) is 69.0 Å². The molecule has 10 aliphatic heterocycles. The summed E-state index contributed by atoms with van der Waals surface area (Å²) < 4.78 is 74.5. The molecule has 27 unspecified atom stereocenters. The number of carbonyl (C=O) groups excluding carboxylic acids is 7. The zero-order chi connectivity index (χ0) is 91.6. The first-order valence-electron chi connectivity index (χ1n) is 40.1. The Kier molecular flexibility index (Phi) is 26.6. The van der Waals surface area contributed by atoms with Gasteiger partial charge in [-0.15, -0.1) is 0 Å². The van der Waals surface area contributed by atoms with Crippen molar-refractivity contribution in [2.75, 3.05) is 26.9 Å². The van der Waals surface area contributed by atoms with Crippen molar-refractivity contribution in [1.82, 2.24) is 31.9 Å². The fourth-order valence-electron chi connectivity index (χ4n) is 16.0. The molecular weight excluding hydrogens is 1720 g/mol. The molecule has 684 valence electrons. The molecule has 0 radical (unpaired) electrons. The average Bonchev–Trinajstić information content (AvgIpc) is 0.741. The standard InChI is InChI=1S/C84H91ClN8O35/c1-28-46-18-34(19-47(28)122-82-70(107)67(104)64(101)52(25-94)124-82)59-78(113)91-60-35-20-50(119-37-9-4-30(5-10-37)14-42(75(110)89-59)88-76(111)57(87)31-6-12-44(99)48(17-31)121-46)74(128-84-72(109)69(106)66(103)54(27-96)126-84)51(21-35)120-45-13-8-33(16-40(45)85)73(127-55-24-41(86)63(100)29(2)118-55)62-80(115)92-61(81(116)117-3)39-22-36(97)23-49(123-83-71(108)68(105)65(102)53(26-95)125-83)56(39)38-15-32(7-11-43(38)98)58(77(112)93-62)90-79(60)114/h4-13,15-23,29,41-42,52-55,57-73,82-84,94-109H,14,24-27,86-87H2,1-3H3,(H,88,111)(H,89,110)(H,90,114)(H,91,113)(H,92,115)(H,93,112). The van der Waals surface area contributed by atoms with Crippen molar-refractivity contribution in [1.29, 1.82) is 0 Å². The van der Waals surface area contributed by atoms with Crippen molar-refractivity contribution in [3.05, 3.63) is 165 Å². The van der Waals surface area contributed by atoms with E-state index in [0.717, 1.165) is 73.8 Å². The average molecular weight is 1810 g/mol. The van der Waals surface area contributed by atoms with Gasteiger partial charge in [0.2, 0.25) is 60.1 Å². The third kappa shape index (κ3) is 18.1. The number of phenolic OH excluding ortho intramolecular Hbond substituents is 3. The topological polar surface area (TPSA) is 678 Å². The minimum Gasteiger partial charge on any atom is -0.508 e. The number of hydrogen-bond donors (Lipinski definition) is 24. The van der Waals surface area contributed by atoms with Crippen LogP contribution >= 0.6 is 11.6 Å². The van der Waals surface area contributed by atoms with Crippen LogP contribution in [0, 0.1) is 6.92 Å². The number of carbonyl (C=O) groups is 7. The van der Waals surface area contributed by atoms with Crippen molar-refractivity contribution in [2.45, 2.75) is 192 Å². The maximum absolute atomic E-state index is 17.0. The second kappa shape index (κ2) is 37.3. The molecule has 128 heavy (non-hydrogen) atoms. The molecule has 43 nitrogen and oxygen atoms in total. The van der Waals surface area contributed by atoms with Gasteiger partial charge >= 0.3 is 5.97 Å². The summed E-state index contributed by atoms with van der Waals surface area (Å²) in [6.07, 6.45) is -36.8. The number of aromatic hydroxyl groups is 3. The highest BCUT2D eigenvalue weighted by atomic mass is 35.5. The first kappa shape index (κ1) is 91.3. The molecule has 6 amide bonds. The van der Waals surface area contributed by atoms with E-state index < -0.39 is 329 Å². The molecular formula is C84H91ClN8O35. The number of fused-ring (bicyclic) bond motifs is 14. The lowest BCUT2D eigenvalue weighted by Gasteiger charge is -2.40. The first-order valence-corrected chi connectivity index (χ1v) is 40.5. The van der Waals surface area contributed by atoms with Crippen LogP contribution in [0.15, 0.2) is 115 Å². The summed E-state index contributed by atoms with van der Waals surface area (Å²) in [5.41, 5.74) is 10.1. The number of aliphatic hydroxyl groups is 13. The van der Waals surface area contributed by atoms with Gasteiger partial charge < -0.3 is 182 Å². The quantitative estimate of drug-likeness (QED) is 0.0542. The molecule has 4 saturated heterocycles. The van der Waals surface area contributed by atoms with Gasteiger partial charge in [0.25, 0.3) is 0 Å². The van der Waals surface area contributed by atoms with Crippen LogP contribution in [0.1, 0.15) is 94.2 Å². The minimum absolute atomic E-state index is 0.00352. The highest BCUT2D eigenvalue weighted by molar-refractivity contribution is 6.32. The van der Waals surface area contributed by atoms with E-state index in [1.165, 1.54) is 62.4 Å². The monoisotopic (exact) mass is 1810 g/mol. The summed E-state index contributed by atoms with van der Waals surface area (Å²) >= 11 is 7.40. The van der Waals surface area contributed by atoms with Gasteiger partial charge in [0.05, 0.1) is 44.2 Å². The van der Waals surface area contributed by atoms with Gasteiger partial charge in [-0.1, -0.05) is 41.9 Å². The van der Waals surface area contributed by atoms with E-state index in [0.29, 0.717) is 0 Å². The fourth-order valence-corrected chi connectivity index (χ4v) is 16.3. The van der Waals surface area contributed by atoms with E-state index in [-0.39, 0.29) is 40.2 Å². The number of nitrogens with one attached hydrogen (secondary N) is 6. The number of phenols is 3. The summed E-state index contributed by atoms with van der Waals surface area (Å²) in [6.45, 7) is -0.144. The summed E-state index contributed by atoms with van der Waals surface area (Å²) in [5, 5.41) is 194.